The molecule has 1 saturated carbocycles. The molecule has 4 nitrogen and oxygen atoms in total. The van der Waals surface area contributed by atoms with Crippen LogP contribution in [-0.2, 0) is 16.8 Å². The number of nitrogens with zero attached hydrogens (tertiary/aromatic N) is 1. The van der Waals surface area contributed by atoms with Crippen LogP contribution in [-0.4, -0.2) is 10.5 Å². The molecule has 28 heavy (non-hydrogen) atoms. The highest BCUT2D eigenvalue weighted by Gasteiger charge is 2.44. The van der Waals surface area contributed by atoms with Gasteiger partial charge in [0.2, 0.25) is 0 Å². The number of benzene rings is 1. The number of cyclic esters (lactones) is 1. The molecule has 2 heterocycles. The zero-order valence-corrected chi connectivity index (χ0v) is 16.2. The Morgan fingerprint density at radius 2 is 1.93 bits per heavy atom. The topological polar surface area (TPSA) is 48.3 Å². The number of aromatic nitrogens is 1. The quantitative estimate of drug-likeness (QED) is 0.648. The number of carbonyl (C=O) groups excluding carboxylic acids is 1. The van der Waals surface area contributed by atoms with Gasteiger partial charge in [0.05, 0.1) is 0 Å². The summed E-state index contributed by atoms with van der Waals surface area (Å²) in [5.41, 5.74) is 3.35. The number of esters is 1. The number of fused-ring (bicyclic) bond motifs is 1. The predicted molar refractivity (Wildman–Crippen MR) is 111 cm³/mol. The molecule has 1 unspecified atom stereocenters. The monoisotopic (exact) mass is 375 g/mol. The van der Waals surface area contributed by atoms with Crippen molar-refractivity contribution in [2.45, 2.75) is 50.7 Å². The van der Waals surface area contributed by atoms with Gasteiger partial charge in [-0.2, -0.15) is 0 Å². The van der Waals surface area contributed by atoms with Crippen molar-refractivity contribution in [3.05, 3.63) is 81.8 Å². The van der Waals surface area contributed by atoms with E-state index < -0.39 is 11.6 Å². The number of hydrogen-bond donors (Lipinski definition) is 0. The molecule has 2 aromatic rings. The maximum atomic E-state index is 12.7. The average Bonchev–Trinajstić information content (AvgIpc) is 3.48. The normalized spacial score (nSPS) is 20.5. The first-order chi connectivity index (χ1) is 13.5. The molecule has 0 N–H and O–H groups in total. The molecule has 144 valence electrons. The van der Waals surface area contributed by atoms with Gasteiger partial charge in [-0.3, -0.25) is 4.79 Å². The van der Waals surface area contributed by atoms with E-state index in [4.69, 9.17) is 4.74 Å². The summed E-state index contributed by atoms with van der Waals surface area (Å²) >= 11 is 0. The van der Waals surface area contributed by atoms with Gasteiger partial charge in [-0.05, 0) is 61.8 Å². The van der Waals surface area contributed by atoms with Crippen molar-refractivity contribution in [3.63, 3.8) is 0 Å². The van der Waals surface area contributed by atoms with Gasteiger partial charge in [0.15, 0.2) is 0 Å². The largest absolute Gasteiger partial charge is 0.451 e. The molecule has 2 aliphatic rings. The minimum absolute atomic E-state index is 0.204. The molecule has 0 bridgehead atoms. The Morgan fingerprint density at radius 1 is 1.18 bits per heavy atom. The molecular weight excluding hydrogens is 350 g/mol. The Labute approximate surface area is 165 Å². The Hall–Kier alpha value is -2.88. The van der Waals surface area contributed by atoms with E-state index in [0.717, 1.165) is 42.4 Å². The number of aryl methyl sites for hydroxylation is 1. The number of rotatable bonds is 7. The van der Waals surface area contributed by atoms with E-state index in [1.165, 1.54) is 5.56 Å². The lowest BCUT2D eigenvalue weighted by molar-refractivity contribution is -0.00388. The summed E-state index contributed by atoms with van der Waals surface area (Å²) in [7, 11) is 0. The lowest BCUT2D eigenvalue weighted by Gasteiger charge is -2.24. The van der Waals surface area contributed by atoms with Crippen molar-refractivity contribution in [1.29, 1.82) is 0 Å². The summed E-state index contributed by atoms with van der Waals surface area (Å²) in [5, 5.41) is 0. The van der Waals surface area contributed by atoms with E-state index in [2.05, 4.69) is 25.3 Å². The highest BCUT2D eigenvalue weighted by atomic mass is 16.6. The summed E-state index contributed by atoms with van der Waals surface area (Å²) in [4.78, 5) is 25.1. The third-order valence-electron chi connectivity index (χ3n) is 5.86. The number of carbonyl (C=O) groups is 1. The highest BCUT2D eigenvalue weighted by Crippen LogP contribution is 2.40. The van der Waals surface area contributed by atoms with Crippen LogP contribution in [0.25, 0.3) is 12.2 Å². The fraction of sp³-hybridized carbons (Fsp3) is 0.333. The van der Waals surface area contributed by atoms with E-state index in [9.17, 15) is 9.59 Å². The molecule has 1 aromatic carbocycles. The van der Waals surface area contributed by atoms with Crippen molar-refractivity contribution < 1.29 is 9.53 Å². The molecule has 0 spiro atoms. The first-order valence-electron chi connectivity index (χ1n) is 9.83. The molecule has 1 aromatic heterocycles. The lowest BCUT2D eigenvalue weighted by Crippen LogP contribution is -2.25. The summed E-state index contributed by atoms with van der Waals surface area (Å²) in [5.74, 6) is -0.484. The summed E-state index contributed by atoms with van der Waals surface area (Å²) in [6.45, 7) is 9.60. The van der Waals surface area contributed by atoms with Gasteiger partial charge in [0.1, 0.15) is 11.2 Å². The highest BCUT2D eigenvalue weighted by molar-refractivity contribution is 5.94. The van der Waals surface area contributed by atoms with Crippen LogP contribution in [0.5, 0.6) is 0 Å². The maximum absolute atomic E-state index is 12.7. The Morgan fingerprint density at radius 3 is 2.61 bits per heavy atom. The summed E-state index contributed by atoms with van der Waals surface area (Å²) < 4.78 is 7.38. The van der Waals surface area contributed by atoms with E-state index in [0.29, 0.717) is 6.42 Å². The third-order valence-corrected chi connectivity index (χ3v) is 5.86. The lowest BCUT2D eigenvalue weighted by atomic mass is 9.89. The van der Waals surface area contributed by atoms with Crippen LogP contribution in [0.4, 0.5) is 0 Å². The molecule has 4 heteroatoms. The Bertz CT molecular complexity index is 1030. The van der Waals surface area contributed by atoms with Crippen molar-refractivity contribution in [1.82, 2.24) is 4.57 Å². The first-order valence-corrected chi connectivity index (χ1v) is 9.83. The molecule has 4 rings (SSSR count). The van der Waals surface area contributed by atoms with Crippen LogP contribution < -0.4 is 5.56 Å². The van der Waals surface area contributed by atoms with Crippen LogP contribution in [0.3, 0.4) is 0 Å². The molecule has 1 aliphatic heterocycles. The SMILES string of the molecule is C=Cc1ccc(CCCC2(C)OC(=O)c3c2ccn(C2CC2)c3=O)cc1C=C. The van der Waals surface area contributed by atoms with Crippen LogP contribution >= 0.6 is 0 Å². The van der Waals surface area contributed by atoms with Gasteiger partial charge in [-0.15, -0.1) is 0 Å². The van der Waals surface area contributed by atoms with Crippen molar-refractivity contribution in [2.75, 3.05) is 0 Å². The van der Waals surface area contributed by atoms with Gasteiger partial charge < -0.3 is 9.30 Å². The van der Waals surface area contributed by atoms with Gasteiger partial charge in [0, 0.05) is 17.8 Å². The van der Waals surface area contributed by atoms with E-state index in [1.807, 2.05) is 37.4 Å². The fourth-order valence-electron chi connectivity index (χ4n) is 4.10. The van der Waals surface area contributed by atoms with Gasteiger partial charge >= 0.3 is 5.97 Å². The molecule has 1 aliphatic carbocycles. The zero-order valence-electron chi connectivity index (χ0n) is 16.2. The van der Waals surface area contributed by atoms with E-state index >= 15 is 0 Å². The molecule has 0 saturated heterocycles. The summed E-state index contributed by atoms with van der Waals surface area (Å²) in [6, 6.07) is 8.40. The van der Waals surface area contributed by atoms with Crippen LogP contribution in [0.15, 0.2) is 48.4 Å². The number of ether oxygens (including phenoxy) is 1. The second-order valence-electron chi connectivity index (χ2n) is 7.89. The average molecular weight is 375 g/mol. The first kappa shape index (κ1) is 18.5. The molecule has 1 fully saturated rings. The molecule has 0 radical (unpaired) electrons. The van der Waals surface area contributed by atoms with Crippen molar-refractivity contribution in [2.24, 2.45) is 0 Å². The minimum atomic E-state index is -0.740. The van der Waals surface area contributed by atoms with E-state index in [1.54, 1.807) is 4.57 Å². The van der Waals surface area contributed by atoms with Gasteiger partial charge in [-0.1, -0.05) is 43.5 Å². The predicted octanol–water partition coefficient (Wildman–Crippen LogP) is 4.88. The standard InChI is InChI=1S/C24H25NO3/c1-4-17-9-8-16(15-18(17)5-2)7-6-13-24(3)20-12-14-25(19-10-11-19)22(26)21(20)23(27)28-24/h4-5,8-9,12,14-15,19H,1-2,6-7,10-11,13H2,3H3. The smallest absolute Gasteiger partial charge is 0.345 e. The minimum Gasteiger partial charge on any atom is -0.451 e. The fourth-order valence-corrected chi connectivity index (χ4v) is 4.10. The van der Waals surface area contributed by atoms with E-state index in [-0.39, 0.29) is 17.2 Å². The van der Waals surface area contributed by atoms with Gasteiger partial charge in [0.25, 0.3) is 5.56 Å². The Balaban J connectivity index is 1.51. The maximum Gasteiger partial charge on any atom is 0.345 e. The van der Waals surface area contributed by atoms with Crippen molar-refractivity contribution >= 4 is 18.1 Å². The Kier molecular flexibility index (Phi) is 4.58. The van der Waals surface area contributed by atoms with Gasteiger partial charge in [-0.25, -0.2) is 4.79 Å². The van der Waals surface area contributed by atoms with Crippen LogP contribution in [0.2, 0.25) is 0 Å². The third kappa shape index (κ3) is 3.13. The number of pyridine rings is 1. The number of hydrogen-bond acceptors (Lipinski definition) is 3. The van der Waals surface area contributed by atoms with Crippen LogP contribution in [0.1, 0.15) is 71.3 Å². The second-order valence-corrected chi connectivity index (χ2v) is 7.89. The van der Waals surface area contributed by atoms with Crippen molar-refractivity contribution in [3.8, 4) is 0 Å². The zero-order chi connectivity index (χ0) is 19.9. The molecular formula is C24H25NO3. The summed E-state index contributed by atoms with van der Waals surface area (Å²) in [6.07, 6.45) is 9.87. The second kappa shape index (κ2) is 6.93. The molecule has 1 atom stereocenters. The molecule has 0 amide bonds. The van der Waals surface area contributed by atoms with Crippen LogP contribution in [0, 0.1) is 0 Å².